The van der Waals surface area contributed by atoms with E-state index in [1.807, 2.05) is 20.8 Å². The summed E-state index contributed by atoms with van der Waals surface area (Å²) in [5.41, 5.74) is -5.42. The molecule has 1 saturated heterocycles. The molecule has 3 aliphatic carbocycles. The summed E-state index contributed by atoms with van der Waals surface area (Å²) in [6, 6.07) is 15.4. The predicted molar refractivity (Wildman–Crippen MR) is 243 cm³/mol. The van der Waals surface area contributed by atoms with E-state index in [1.54, 1.807) is 123 Å². The third kappa shape index (κ3) is 9.52. The molecule has 2 saturated carbocycles. The first-order valence-electron chi connectivity index (χ1n) is 22.4. The van der Waals surface area contributed by atoms with Crippen LogP contribution in [-0.4, -0.2) is 94.1 Å². The van der Waals surface area contributed by atoms with Gasteiger partial charge < -0.3 is 38.8 Å². The molecule has 3 fully saturated rings. The first-order valence-corrected chi connectivity index (χ1v) is 23.1. The number of fused-ring (bicyclic) bond motifs is 5. The summed E-state index contributed by atoms with van der Waals surface area (Å²) in [5, 5.41) is 13.9. The molecule has 1 aliphatic heterocycles. The number of aliphatic hydroxyl groups is 1. The van der Waals surface area contributed by atoms with Gasteiger partial charge in [-0.25, -0.2) is 19.2 Å². The third-order valence-electron chi connectivity index (χ3n) is 14.0. The SMILES string of the molecule is CC(=O)OC12COC1CC(O)C1(C)C(=O)C(C)C3=C(C)C(OC(=O)C(OC(=O)SOC(C)(C)C)C(NC(=O)OC(C)(C)C)c4ccccc4)CC(C)(C(OC(=O)c4ccccc4)C21)C3(C)C. The molecule has 6 rings (SSSR count). The fourth-order valence-electron chi connectivity index (χ4n) is 10.7. The second-order valence-corrected chi connectivity index (χ2v) is 21.7. The number of rotatable bonds is 10. The van der Waals surface area contributed by atoms with Crippen LogP contribution in [0.4, 0.5) is 9.59 Å². The molecule has 11 atom stereocenters. The number of allylic oxidation sites excluding steroid dienone is 1. The Morgan fingerprint density at radius 1 is 0.894 bits per heavy atom. The van der Waals surface area contributed by atoms with Crippen molar-refractivity contribution in [3.05, 3.63) is 82.9 Å². The Morgan fingerprint density at radius 2 is 1.50 bits per heavy atom. The number of ether oxygens (including phenoxy) is 6. The zero-order valence-corrected chi connectivity index (χ0v) is 41.0. The highest BCUT2D eigenvalue weighted by molar-refractivity contribution is 8.09. The van der Waals surface area contributed by atoms with Crippen molar-refractivity contribution in [3.8, 4) is 0 Å². The van der Waals surface area contributed by atoms with Crippen molar-refractivity contribution in [2.45, 2.75) is 156 Å². The van der Waals surface area contributed by atoms with Gasteiger partial charge in [0.15, 0.2) is 5.60 Å². The fourth-order valence-corrected chi connectivity index (χ4v) is 11.2. The monoisotopic (exact) mass is 935 g/mol. The van der Waals surface area contributed by atoms with Crippen molar-refractivity contribution in [3.63, 3.8) is 0 Å². The van der Waals surface area contributed by atoms with Gasteiger partial charge >= 0.3 is 29.3 Å². The van der Waals surface area contributed by atoms with E-state index >= 15 is 9.59 Å². The summed E-state index contributed by atoms with van der Waals surface area (Å²) in [6.45, 7) is 22.3. The summed E-state index contributed by atoms with van der Waals surface area (Å²) in [5.74, 6) is -4.87. The number of benzene rings is 2. The number of nitrogens with one attached hydrogen (secondary N) is 1. The van der Waals surface area contributed by atoms with Gasteiger partial charge in [0, 0.05) is 24.7 Å². The van der Waals surface area contributed by atoms with Crippen LogP contribution in [0.5, 0.6) is 0 Å². The summed E-state index contributed by atoms with van der Waals surface area (Å²) >= 11 is 0.385. The lowest BCUT2D eigenvalue weighted by Gasteiger charge is -2.68. The van der Waals surface area contributed by atoms with Crippen molar-refractivity contribution in [1.29, 1.82) is 0 Å². The van der Waals surface area contributed by atoms with E-state index < -0.39 is 111 Å². The maximum Gasteiger partial charge on any atom is 0.408 e. The maximum atomic E-state index is 15.5. The second-order valence-electron chi connectivity index (χ2n) is 21.0. The molecule has 1 amide bonds. The minimum atomic E-state index is -1.82. The quantitative estimate of drug-likeness (QED) is 0.0995. The molecular formula is C50H65NO14S. The molecule has 4 aliphatic rings. The maximum absolute atomic E-state index is 15.5. The van der Waals surface area contributed by atoms with Crippen molar-refractivity contribution < 1.29 is 66.5 Å². The van der Waals surface area contributed by atoms with Gasteiger partial charge in [0.25, 0.3) is 0 Å². The number of hydrogen-bond acceptors (Lipinski definition) is 15. The van der Waals surface area contributed by atoms with E-state index in [2.05, 4.69) is 5.32 Å². The van der Waals surface area contributed by atoms with Gasteiger partial charge in [-0.3, -0.25) is 13.8 Å². The van der Waals surface area contributed by atoms with Crippen LogP contribution in [0.25, 0.3) is 0 Å². The number of carbonyl (C=O) groups excluding carboxylic acids is 6. The van der Waals surface area contributed by atoms with Crippen molar-refractivity contribution >= 4 is 47.1 Å². The van der Waals surface area contributed by atoms with Crippen molar-refractivity contribution in [2.75, 3.05) is 6.61 Å². The standard InChI is InChI=1S/C50H65NO14S/c1-27-32(60-42(56)37(61-44(58)66-65-46(7,8)9)36(30-20-16-14-17-21-30)51-43(57)64-45(4,5)6)25-48(12)40(62-41(55)31-22-18-15-19-23-31)38-49(13,39(54)28(2)35(27)47(48,10)11)33(53)24-34-50(38,26-59-34)63-29(3)52/h14-23,28,32-34,36-38,40,53H,24-26H2,1-13H3,(H,51,57). The Bertz CT molecular complexity index is 2230. The van der Waals surface area contributed by atoms with Crippen molar-refractivity contribution in [1.82, 2.24) is 5.32 Å². The number of alkyl carbamates (subject to hydrolysis) is 1. The van der Waals surface area contributed by atoms with Crippen molar-refractivity contribution in [2.24, 2.45) is 28.1 Å². The molecule has 15 nitrogen and oxygen atoms in total. The molecule has 1 heterocycles. The molecule has 16 heteroatoms. The molecule has 0 radical (unpaired) electrons. The van der Waals surface area contributed by atoms with Gasteiger partial charge in [-0.1, -0.05) is 81.8 Å². The van der Waals surface area contributed by atoms with Gasteiger partial charge in [-0.05, 0) is 90.5 Å². The molecular weight excluding hydrogens is 871 g/mol. The molecule has 2 aromatic rings. The molecule has 2 bridgehead atoms. The zero-order chi connectivity index (χ0) is 48.9. The second kappa shape index (κ2) is 18.4. The van der Waals surface area contributed by atoms with Crippen LogP contribution in [0.1, 0.15) is 125 Å². The number of aliphatic hydroxyl groups excluding tert-OH is 1. The van der Waals surface area contributed by atoms with Gasteiger partial charge in [-0.2, -0.15) is 0 Å². The lowest BCUT2D eigenvalue weighted by molar-refractivity contribution is -0.340. The van der Waals surface area contributed by atoms with E-state index in [0.29, 0.717) is 28.8 Å². The first kappa shape index (κ1) is 50.6. The van der Waals surface area contributed by atoms with Gasteiger partial charge in [0.05, 0.1) is 35.2 Å². The van der Waals surface area contributed by atoms with E-state index in [-0.39, 0.29) is 30.8 Å². The van der Waals surface area contributed by atoms with Crippen LogP contribution in [0.15, 0.2) is 71.8 Å². The number of ketones is 1. The summed E-state index contributed by atoms with van der Waals surface area (Å²) < 4.78 is 42.6. The summed E-state index contributed by atoms with van der Waals surface area (Å²) in [7, 11) is 0. The zero-order valence-electron chi connectivity index (χ0n) is 40.2. The van der Waals surface area contributed by atoms with Crippen LogP contribution in [0, 0.1) is 28.1 Å². The highest BCUT2D eigenvalue weighted by atomic mass is 32.2. The largest absolute Gasteiger partial charge is 0.458 e. The molecule has 0 spiro atoms. The molecule has 66 heavy (non-hydrogen) atoms. The molecule has 11 unspecified atom stereocenters. The Balaban J connectivity index is 1.52. The van der Waals surface area contributed by atoms with Crippen LogP contribution < -0.4 is 5.32 Å². The number of amides is 1. The Kier molecular flexibility index (Phi) is 14.1. The van der Waals surface area contributed by atoms with Gasteiger partial charge in [-0.15, -0.1) is 0 Å². The smallest absolute Gasteiger partial charge is 0.408 e. The third-order valence-corrected chi connectivity index (χ3v) is 14.9. The lowest BCUT2D eigenvalue weighted by Crippen LogP contribution is -2.80. The fraction of sp³-hybridized carbons (Fsp3) is 0.600. The summed E-state index contributed by atoms with van der Waals surface area (Å²) in [6.07, 6.45) is -7.34. The normalized spacial score (nSPS) is 31.2. The Morgan fingerprint density at radius 3 is 2.05 bits per heavy atom. The number of Topliss-reactive ketones (excluding diaryl/α,β-unsaturated/α-hetero) is 1. The van der Waals surface area contributed by atoms with Gasteiger partial charge in [0.2, 0.25) is 6.10 Å². The highest BCUT2D eigenvalue weighted by Crippen LogP contribution is 2.67. The highest BCUT2D eigenvalue weighted by Gasteiger charge is 2.77. The van der Waals surface area contributed by atoms with Crippen LogP contribution in [0.3, 0.4) is 0 Å². The Labute approximate surface area is 391 Å². The topological polar surface area (TPSA) is 199 Å². The Hall–Kier alpha value is -4.77. The average molecular weight is 936 g/mol. The number of esters is 3. The van der Waals surface area contributed by atoms with E-state index in [1.165, 1.54) is 6.92 Å². The predicted octanol–water partition coefficient (Wildman–Crippen LogP) is 8.42. The molecule has 0 aromatic heterocycles. The van der Waals surface area contributed by atoms with Gasteiger partial charge in [0.1, 0.15) is 47.8 Å². The molecule has 2 N–H and O–H groups in total. The van der Waals surface area contributed by atoms with Crippen LogP contribution in [0.2, 0.25) is 0 Å². The average Bonchev–Trinajstić information content (AvgIpc) is 3.22. The first-order chi connectivity index (χ1) is 30.6. The number of hydrogen-bond donors (Lipinski definition) is 2. The molecule has 360 valence electrons. The van der Waals surface area contributed by atoms with E-state index in [0.717, 1.165) is 0 Å². The minimum absolute atomic E-state index is 0.0183. The summed E-state index contributed by atoms with van der Waals surface area (Å²) in [4.78, 5) is 85.2. The lowest BCUT2D eigenvalue weighted by atomic mass is 9.41. The van der Waals surface area contributed by atoms with Crippen LogP contribution in [-0.2, 0) is 47.0 Å². The van der Waals surface area contributed by atoms with E-state index in [4.69, 9.17) is 32.6 Å². The number of carbonyl (C=O) groups is 6. The van der Waals surface area contributed by atoms with Crippen LogP contribution >= 0.6 is 12.0 Å². The molecule has 2 aromatic carbocycles. The van der Waals surface area contributed by atoms with E-state index in [9.17, 15) is 24.3 Å². The minimum Gasteiger partial charge on any atom is -0.458 e.